The maximum absolute atomic E-state index is 9.97. The molecule has 2 atom stereocenters. The SMILES string of the molecule is C[C@@H]1C[C@H](O)c2cc3ccccc3nc2O1. The zero-order valence-corrected chi connectivity index (χ0v) is 9.05. The maximum Gasteiger partial charge on any atom is 0.220 e. The van der Waals surface area contributed by atoms with Gasteiger partial charge in [-0.3, -0.25) is 0 Å². The van der Waals surface area contributed by atoms with Gasteiger partial charge in [0.15, 0.2) is 0 Å². The normalized spacial score (nSPS) is 23.9. The van der Waals surface area contributed by atoms with Crippen molar-refractivity contribution < 1.29 is 9.84 Å². The number of para-hydroxylation sites is 1. The highest BCUT2D eigenvalue weighted by molar-refractivity contribution is 5.80. The predicted octanol–water partition coefficient (Wildman–Crippen LogP) is 2.44. The summed E-state index contributed by atoms with van der Waals surface area (Å²) in [5.41, 5.74) is 1.71. The van der Waals surface area contributed by atoms with E-state index in [-0.39, 0.29) is 6.10 Å². The second-order valence-corrected chi connectivity index (χ2v) is 4.26. The zero-order valence-electron chi connectivity index (χ0n) is 9.05. The number of hydrogen-bond donors (Lipinski definition) is 1. The second kappa shape index (κ2) is 3.46. The molecule has 1 aliphatic heterocycles. The first-order valence-electron chi connectivity index (χ1n) is 5.48. The molecule has 0 spiro atoms. The first-order valence-corrected chi connectivity index (χ1v) is 5.48. The van der Waals surface area contributed by atoms with Crippen LogP contribution in [0.1, 0.15) is 25.0 Å². The lowest BCUT2D eigenvalue weighted by molar-refractivity contribution is 0.0713. The molecule has 1 aliphatic rings. The van der Waals surface area contributed by atoms with Crippen molar-refractivity contribution in [1.82, 2.24) is 4.98 Å². The summed E-state index contributed by atoms with van der Waals surface area (Å²) in [5.74, 6) is 0.574. The van der Waals surface area contributed by atoms with E-state index in [1.54, 1.807) is 0 Å². The van der Waals surface area contributed by atoms with Crippen LogP contribution in [0.2, 0.25) is 0 Å². The lowest BCUT2D eigenvalue weighted by atomic mass is 10.0. The van der Waals surface area contributed by atoms with Gasteiger partial charge in [0.2, 0.25) is 5.88 Å². The number of benzene rings is 1. The van der Waals surface area contributed by atoms with E-state index in [2.05, 4.69) is 4.98 Å². The highest BCUT2D eigenvalue weighted by Gasteiger charge is 2.25. The summed E-state index contributed by atoms with van der Waals surface area (Å²) in [7, 11) is 0. The zero-order chi connectivity index (χ0) is 11.1. The highest BCUT2D eigenvalue weighted by atomic mass is 16.5. The summed E-state index contributed by atoms with van der Waals surface area (Å²) in [5, 5.41) is 11.0. The van der Waals surface area contributed by atoms with Gasteiger partial charge < -0.3 is 9.84 Å². The van der Waals surface area contributed by atoms with E-state index >= 15 is 0 Å². The third-order valence-electron chi connectivity index (χ3n) is 2.94. The van der Waals surface area contributed by atoms with Gasteiger partial charge in [0, 0.05) is 17.4 Å². The van der Waals surface area contributed by atoms with Crippen molar-refractivity contribution in [2.75, 3.05) is 0 Å². The third-order valence-corrected chi connectivity index (χ3v) is 2.94. The average molecular weight is 215 g/mol. The number of aliphatic hydroxyl groups excluding tert-OH is 1. The maximum atomic E-state index is 9.97. The van der Waals surface area contributed by atoms with E-state index in [9.17, 15) is 5.11 Å². The lowest BCUT2D eigenvalue weighted by Gasteiger charge is -2.26. The van der Waals surface area contributed by atoms with Crippen LogP contribution < -0.4 is 4.74 Å². The van der Waals surface area contributed by atoms with Gasteiger partial charge in [-0.05, 0) is 19.1 Å². The molecular formula is C13H13NO2. The van der Waals surface area contributed by atoms with E-state index in [0.717, 1.165) is 16.5 Å². The Balaban J connectivity index is 2.22. The Morgan fingerprint density at radius 2 is 2.19 bits per heavy atom. The van der Waals surface area contributed by atoms with Crippen molar-refractivity contribution in [3.63, 3.8) is 0 Å². The van der Waals surface area contributed by atoms with E-state index in [1.165, 1.54) is 0 Å². The quantitative estimate of drug-likeness (QED) is 0.734. The molecule has 1 aromatic heterocycles. The molecule has 0 saturated heterocycles. The minimum absolute atomic E-state index is 0.0242. The molecule has 2 aromatic rings. The summed E-state index contributed by atoms with van der Waals surface area (Å²) in [4.78, 5) is 4.43. The van der Waals surface area contributed by atoms with Crippen LogP contribution in [0.15, 0.2) is 30.3 Å². The lowest BCUT2D eigenvalue weighted by Crippen LogP contribution is -2.23. The Morgan fingerprint density at radius 1 is 1.38 bits per heavy atom. The Morgan fingerprint density at radius 3 is 3.06 bits per heavy atom. The Labute approximate surface area is 93.7 Å². The van der Waals surface area contributed by atoms with Crippen LogP contribution in [0.4, 0.5) is 0 Å². The molecule has 3 rings (SSSR count). The third kappa shape index (κ3) is 1.44. The summed E-state index contributed by atoms with van der Waals surface area (Å²) in [6.45, 7) is 1.95. The number of rotatable bonds is 0. The molecule has 82 valence electrons. The van der Waals surface area contributed by atoms with Crippen LogP contribution in [0.25, 0.3) is 10.9 Å². The van der Waals surface area contributed by atoms with Crippen LogP contribution in [0.5, 0.6) is 5.88 Å². The van der Waals surface area contributed by atoms with Crippen LogP contribution in [-0.2, 0) is 0 Å². The Hall–Kier alpha value is -1.61. The predicted molar refractivity (Wildman–Crippen MR) is 61.4 cm³/mol. The molecule has 0 amide bonds. The van der Waals surface area contributed by atoms with E-state index in [0.29, 0.717) is 12.3 Å². The molecule has 0 saturated carbocycles. The molecule has 2 heterocycles. The average Bonchev–Trinajstić information content (AvgIpc) is 2.27. The molecule has 1 N–H and O–H groups in total. The van der Waals surface area contributed by atoms with E-state index < -0.39 is 6.10 Å². The number of aliphatic hydroxyl groups is 1. The number of ether oxygens (including phenoxy) is 1. The topological polar surface area (TPSA) is 42.4 Å². The van der Waals surface area contributed by atoms with Crippen LogP contribution >= 0.6 is 0 Å². The van der Waals surface area contributed by atoms with Crippen LogP contribution in [-0.4, -0.2) is 16.2 Å². The van der Waals surface area contributed by atoms with Gasteiger partial charge in [-0.15, -0.1) is 0 Å². The smallest absolute Gasteiger partial charge is 0.220 e. The summed E-state index contributed by atoms with van der Waals surface area (Å²) in [6, 6.07) is 9.83. The number of aromatic nitrogens is 1. The molecule has 3 heteroatoms. The van der Waals surface area contributed by atoms with Gasteiger partial charge in [-0.1, -0.05) is 18.2 Å². The van der Waals surface area contributed by atoms with Gasteiger partial charge >= 0.3 is 0 Å². The standard InChI is InChI=1S/C13H13NO2/c1-8-6-12(15)10-7-9-4-2-3-5-11(9)14-13(10)16-8/h2-5,7-8,12,15H,6H2,1H3/t8-,12+/m1/s1. The first kappa shape index (κ1) is 9.60. The van der Waals surface area contributed by atoms with Gasteiger partial charge in [0.1, 0.15) is 6.10 Å². The fourth-order valence-corrected chi connectivity index (χ4v) is 2.13. The molecule has 0 unspecified atom stereocenters. The van der Waals surface area contributed by atoms with Crippen LogP contribution in [0, 0.1) is 0 Å². The van der Waals surface area contributed by atoms with Crippen molar-refractivity contribution in [2.24, 2.45) is 0 Å². The summed E-state index contributed by atoms with van der Waals surface area (Å²) < 4.78 is 5.64. The van der Waals surface area contributed by atoms with Crippen molar-refractivity contribution in [1.29, 1.82) is 0 Å². The van der Waals surface area contributed by atoms with Gasteiger partial charge in [-0.25, -0.2) is 4.98 Å². The molecule has 3 nitrogen and oxygen atoms in total. The monoisotopic (exact) mass is 215 g/mol. The first-order chi connectivity index (χ1) is 7.74. The van der Waals surface area contributed by atoms with Crippen molar-refractivity contribution in [3.8, 4) is 5.88 Å². The molecule has 0 aliphatic carbocycles. The molecular weight excluding hydrogens is 202 g/mol. The van der Waals surface area contributed by atoms with Gasteiger partial charge in [0.05, 0.1) is 11.6 Å². The minimum atomic E-state index is -0.462. The van der Waals surface area contributed by atoms with E-state index in [4.69, 9.17) is 4.74 Å². The van der Waals surface area contributed by atoms with Crippen LogP contribution in [0.3, 0.4) is 0 Å². The summed E-state index contributed by atoms with van der Waals surface area (Å²) >= 11 is 0. The van der Waals surface area contributed by atoms with E-state index in [1.807, 2.05) is 37.3 Å². The largest absolute Gasteiger partial charge is 0.474 e. The molecule has 0 fully saturated rings. The molecule has 0 bridgehead atoms. The highest BCUT2D eigenvalue weighted by Crippen LogP contribution is 2.35. The number of fused-ring (bicyclic) bond motifs is 2. The fraction of sp³-hybridized carbons (Fsp3) is 0.308. The van der Waals surface area contributed by atoms with Gasteiger partial charge in [0.25, 0.3) is 0 Å². The van der Waals surface area contributed by atoms with Gasteiger partial charge in [-0.2, -0.15) is 0 Å². The number of hydrogen-bond acceptors (Lipinski definition) is 3. The summed E-state index contributed by atoms with van der Waals surface area (Å²) in [6.07, 6.45) is 0.194. The molecule has 0 radical (unpaired) electrons. The Bertz CT molecular complexity index is 538. The molecule has 1 aromatic carbocycles. The minimum Gasteiger partial charge on any atom is -0.474 e. The van der Waals surface area contributed by atoms with Crippen molar-refractivity contribution >= 4 is 10.9 Å². The number of pyridine rings is 1. The number of nitrogens with zero attached hydrogens (tertiary/aromatic N) is 1. The second-order valence-electron chi connectivity index (χ2n) is 4.26. The molecule has 16 heavy (non-hydrogen) atoms. The van der Waals surface area contributed by atoms with Crippen molar-refractivity contribution in [3.05, 3.63) is 35.9 Å². The van der Waals surface area contributed by atoms with Crippen molar-refractivity contribution in [2.45, 2.75) is 25.6 Å². The fourth-order valence-electron chi connectivity index (χ4n) is 2.13. The Kier molecular flexibility index (Phi) is 2.07.